The first-order valence-electron chi connectivity index (χ1n) is 14.0. The summed E-state index contributed by atoms with van der Waals surface area (Å²) in [6, 6.07) is 56.1. The Labute approximate surface area is 246 Å². The van der Waals surface area contributed by atoms with Gasteiger partial charge in [-0.25, -0.2) is 4.79 Å². The second-order valence-electron chi connectivity index (χ2n) is 10.2. The van der Waals surface area contributed by atoms with Crippen molar-refractivity contribution in [3.8, 4) is 28.0 Å². The Morgan fingerprint density at radius 3 is 1.17 bits per heavy atom. The van der Waals surface area contributed by atoms with Crippen LogP contribution in [0.25, 0.3) is 22.3 Å². The van der Waals surface area contributed by atoms with Crippen molar-refractivity contribution < 1.29 is 14.6 Å². The van der Waals surface area contributed by atoms with Crippen LogP contribution in [0.5, 0.6) is 5.75 Å². The molecular weight excluding hydrogens is 516 g/mol. The van der Waals surface area contributed by atoms with Gasteiger partial charge in [-0.15, -0.1) is 0 Å². The van der Waals surface area contributed by atoms with Gasteiger partial charge in [-0.2, -0.15) is 0 Å². The first-order chi connectivity index (χ1) is 20.7. The average Bonchev–Trinajstić information content (AvgIpc) is 3.06. The van der Waals surface area contributed by atoms with Gasteiger partial charge in [0.1, 0.15) is 5.75 Å². The van der Waals surface area contributed by atoms with E-state index in [0.29, 0.717) is 5.75 Å². The van der Waals surface area contributed by atoms with Crippen LogP contribution in [0, 0.1) is 0 Å². The summed E-state index contributed by atoms with van der Waals surface area (Å²) in [5, 5.41) is 9.60. The lowest BCUT2D eigenvalue weighted by Gasteiger charge is -2.37. The van der Waals surface area contributed by atoms with Gasteiger partial charge in [0, 0.05) is 11.1 Å². The number of hydrogen-bond donors (Lipinski definition) is 1. The minimum absolute atomic E-state index is 0.444. The third-order valence-electron chi connectivity index (χ3n) is 7.65. The van der Waals surface area contributed by atoms with Crippen LogP contribution in [0.1, 0.15) is 22.3 Å². The van der Waals surface area contributed by atoms with Crippen LogP contribution in [0.15, 0.2) is 164 Å². The van der Waals surface area contributed by atoms with Crippen LogP contribution in [-0.2, 0) is 10.2 Å². The predicted molar refractivity (Wildman–Crippen MR) is 169 cm³/mol. The normalized spacial score (nSPS) is 11.1. The van der Waals surface area contributed by atoms with Crippen LogP contribution in [0.2, 0.25) is 0 Å². The number of carboxylic acid groups (broad SMARTS) is 1. The molecule has 0 heterocycles. The van der Waals surface area contributed by atoms with E-state index in [4.69, 9.17) is 4.74 Å². The van der Waals surface area contributed by atoms with E-state index in [1.807, 2.05) is 78.9 Å². The summed E-state index contributed by atoms with van der Waals surface area (Å²) in [7, 11) is 0. The molecule has 0 aliphatic heterocycles. The largest absolute Gasteiger partial charge is 0.481 e. The number of ether oxygens (including phenoxy) is 1. The fraction of sp³-hybridized carbons (Fsp3) is 0.0513. The van der Waals surface area contributed by atoms with Crippen LogP contribution < -0.4 is 4.74 Å². The summed E-state index contributed by atoms with van der Waals surface area (Å²) < 4.78 is 6.12. The molecule has 0 atom stereocenters. The first kappa shape index (κ1) is 26.8. The van der Waals surface area contributed by atoms with E-state index in [1.54, 1.807) is 0 Å². The maximum Gasteiger partial charge on any atom is 0.341 e. The Kier molecular flexibility index (Phi) is 7.65. The highest BCUT2D eigenvalue weighted by Gasteiger charge is 2.39. The third-order valence-corrected chi connectivity index (χ3v) is 7.65. The first-order valence-corrected chi connectivity index (χ1v) is 14.0. The van der Waals surface area contributed by atoms with Gasteiger partial charge in [-0.1, -0.05) is 152 Å². The predicted octanol–water partition coefficient (Wildman–Crippen LogP) is 8.87. The summed E-state index contributed by atoms with van der Waals surface area (Å²) in [5.74, 6) is -0.481. The van der Waals surface area contributed by atoms with Gasteiger partial charge in [-0.05, 0) is 45.5 Å². The Balaban J connectivity index is 1.78. The van der Waals surface area contributed by atoms with Crippen LogP contribution in [0.3, 0.4) is 0 Å². The van der Waals surface area contributed by atoms with Gasteiger partial charge >= 0.3 is 5.97 Å². The number of rotatable bonds is 9. The maximum atomic E-state index is 11.7. The molecule has 0 saturated carbocycles. The smallest absolute Gasteiger partial charge is 0.341 e. The van der Waals surface area contributed by atoms with Gasteiger partial charge in [0.25, 0.3) is 0 Å². The fourth-order valence-corrected chi connectivity index (χ4v) is 5.86. The van der Waals surface area contributed by atoms with Crippen molar-refractivity contribution >= 4 is 5.97 Å². The quantitative estimate of drug-likeness (QED) is 0.184. The molecule has 0 aromatic heterocycles. The van der Waals surface area contributed by atoms with E-state index in [1.165, 1.54) is 0 Å². The Morgan fingerprint density at radius 1 is 0.500 bits per heavy atom. The van der Waals surface area contributed by atoms with Crippen molar-refractivity contribution in [2.24, 2.45) is 0 Å². The van der Waals surface area contributed by atoms with Gasteiger partial charge < -0.3 is 9.84 Å². The highest BCUT2D eigenvalue weighted by atomic mass is 16.5. The molecule has 0 fully saturated rings. The second kappa shape index (κ2) is 12.0. The third kappa shape index (κ3) is 5.09. The molecular formula is C39H30O3. The van der Waals surface area contributed by atoms with Crippen LogP contribution in [0.4, 0.5) is 0 Å². The van der Waals surface area contributed by atoms with Crippen molar-refractivity contribution in [3.05, 3.63) is 186 Å². The topological polar surface area (TPSA) is 46.5 Å². The van der Waals surface area contributed by atoms with E-state index in [9.17, 15) is 9.90 Å². The summed E-state index contributed by atoms with van der Waals surface area (Å²) >= 11 is 0. The summed E-state index contributed by atoms with van der Waals surface area (Å²) in [6.45, 7) is -0.444. The number of hydrogen-bond acceptors (Lipinski definition) is 2. The van der Waals surface area contributed by atoms with Crippen molar-refractivity contribution in [2.75, 3.05) is 6.61 Å². The van der Waals surface area contributed by atoms with Gasteiger partial charge in [0.2, 0.25) is 0 Å². The van der Waals surface area contributed by atoms with Crippen LogP contribution in [-0.4, -0.2) is 17.7 Å². The summed E-state index contributed by atoms with van der Waals surface area (Å²) in [4.78, 5) is 11.7. The van der Waals surface area contributed by atoms with Crippen molar-refractivity contribution in [1.82, 2.24) is 0 Å². The molecule has 3 nitrogen and oxygen atoms in total. The van der Waals surface area contributed by atoms with E-state index in [-0.39, 0.29) is 0 Å². The average molecular weight is 547 g/mol. The SMILES string of the molecule is O=C(O)COc1c(-c2ccccc2)cc(C(c2ccccc2)(c2ccccc2)c2ccccc2)cc1-c1ccccc1. The zero-order valence-corrected chi connectivity index (χ0v) is 23.1. The van der Waals surface area contributed by atoms with Crippen molar-refractivity contribution in [1.29, 1.82) is 0 Å². The molecule has 0 unspecified atom stereocenters. The standard InChI is InChI=1S/C39H30O3/c40-37(41)28-42-38-35(29-16-6-1-7-17-29)26-34(27-36(38)30-18-8-2-9-19-30)39(31-20-10-3-11-21-31,32-22-12-4-13-23-32)33-24-14-5-15-25-33/h1-27H,28H2,(H,40,41). The molecule has 42 heavy (non-hydrogen) atoms. The zero-order valence-electron chi connectivity index (χ0n) is 23.1. The second-order valence-corrected chi connectivity index (χ2v) is 10.2. The number of carbonyl (C=O) groups is 1. The van der Waals surface area contributed by atoms with Crippen LogP contribution >= 0.6 is 0 Å². The zero-order chi connectivity index (χ0) is 28.8. The molecule has 0 amide bonds. The molecule has 0 bridgehead atoms. The Bertz CT molecular complexity index is 1610. The molecule has 204 valence electrons. The van der Waals surface area contributed by atoms with E-state index in [2.05, 4.69) is 84.9 Å². The minimum atomic E-state index is -1.02. The van der Waals surface area contributed by atoms with Crippen molar-refractivity contribution in [3.63, 3.8) is 0 Å². The Morgan fingerprint density at radius 2 is 0.833 bits per heavy atom. The molecule has 6 rings (SSSR count). The molecule has 0 aliphatic carbocycles. The molecule has 0 aliphatic rings. The molecule has 6 aromatic carbocycles. The number of aliphatic carboxylic acids is 1. The van der Waals surface area contributed by atoms with Gasteiger partial charge in [0.15, 0.2) is 6.61 Å². The summed E-state index contributed by atoms with van der Waals surface area (Å²) in [5.41, 5.74) is 7.30. The van der Waals surface area contributed by atoms with Gasteiger partial charge in [-0.3, -0.25) is 0 Å². The molecule has 1 N–H and O–H groups in total. The Hall–Kier alpha value is -5.41. The number of benzene rings is 6. The molecule has 0 spiro atoms. The monoisotopic (exact) mass is 546 g/mol. The molecule has 0 radical (unpaired) electrons. The van der Waals surface area contributed by atoms with Gasteiger partial charge in [0.05, 0.1) is 5.41 Å². The molecule has 0 saturated heterocycles. The fourth-order valence-electron chi connectivity index (χ4n) is 5.86. The lowest BCUT2D eigenvalue weighted by atomic mass is 9.64. The highest BCUT2D eigenvalue weighted by molar-refractivity contribution is 5.85. The lowest BCUT2D eigenvalue weighted by Crippen LogP contribution is -2.31. The van der Waals surface area contributed by atoms with Crippen molar-refractivity contribution in [2.45, 2.75) is 5.41 Å². The van der Waals surface area contributed by atoms with E-state index >= 15 is 0 Å². The molecule has 3 heteroatoms. The van der Waals surface area contributed by atoms with E-state index in [0.717, 1.165) is 44.5 Å². The number of carboxylic acids is 1. The lowest BCUT2D eigenvalue weighted by molar-refractivity contribution is -0.139. The summed E-state index contributed by atoms with van der Waals surface area (Å²) in [6.07, 6.45) is 0. The minimum Gasteiger partial charge on any atom is -0.481 e. The maximum absolute atomic E-state index is 11.7. The van der Waals surface area contributed by atoms with E-state index < -0.39 is 18.0 Å². The highest BCUT2D eigenvalue weighted by Crippen LogP contribution is 2.50. The molecule has 6 aromatic rings.